The average molecular weight is 357 g/mol. The van der Waals surface area contributed by atoms with E-state index in [4.69, 9.17) is 11.6 Å². The Bertz CT molecular complexity index is 610. The Morgan fingerprint density at radius 1 is 1.43 bits per heavy atom. The summed E-state index contributed by atoms with van der Waals surface area (Å²) in [5, 5.41) is 3.05. The molecular formula is C13H19Cl2FN2O2S. The van der Waals surface area contributed by atoms with Gasteiger partial charge in [-0.3, -0.25) is 0 Å². The van der Waals surface area contributed by atoms with Crippen molar-refractivity contribution in [3.63, 3.8) is 0 Å². The molecule has 0 bridgehead atoms. The molecule has 2 N–H and O–H groups in total. The van der Waals surface area contributed by atoms with Crippen LogP contribution >= 0.6 is 24.0 Å². The van der Waals surface area contributed by atoms with Crippen molar-refractivity contribution in [1.82, 2.24) is 10.0 Å². The minimum Gasteiger partial charge on any atom is -0.315 e. The van der Waals surface area contributed by atoms with Crippen LogP contribution in [0.15, 0.2) is 17.0 Å². The number of sulfonamides is 1. The van der Waals surface area contributed by atoms with Crippen LogP contribution in [0, 0.1) is 18.7 Å². The Morgan fingerprint density at radius 3 is 2.71 bits per heavy atom. The molecule has 1 aliphatic heterocycles. The zero-order valence-corrected chi connectivity index (χ0v) is 14.2. The largest absolute Gasteiger partial charge is 0.315 e. The van der Waals surface area contributed by atoms with Gasteiger partial charge in [0, 0.05) is 12.6 Å². The highest BCUT2D eigenvalue weighted by atomic mass is 35.5. The number of piperidine rings is 1. The van der Waals surface area contributed by atoms with E-state index in [2.05, 4.69) is 10.0 Å². The van der Waals surface area contributed by atoms with Gasteiger partial charge in [0.1, 0.15) is 10.7 Å². The predicted molar refractivity (Wildman–Crippen MR) is 84.2 cm³/mol. The van der Waals surface area contributed by atoms with Gasteiger partial charge in [-0.15, -0.1) is 12.4 Å². The molecule has 1 fully saturated rings. The van der Waals surface area contributed by atoms with Gasteiger partial charge in [-0.05, 0) is 43.5 Å². The summed E-state index contributed by atoms with van der Waals surface area (Å²) in [6, 6.07) is 2.12. The van der Waals surface area contributed by atoms with Crippen LogP contribution in [0.1, 0.15) is 18.9 Å². The molecule has 1 aromatic carbocycles. The van der Waals surface area contributed by atoms with Gasteiger partial charge in [-0.1, -0.05) is 18.5 Å². The monoisotopic (exact) mass is 356 g/mol. The fraction of sp³-hybridized carbons (Fsp3) is 0.538. The first-order valence-electron chi connectivity index (χ1n) is 6.50. The van der Waals surface area contributed by atoms with Crippen molar-refractivity contribution in [2.24, 2.45) is 5.92 Å². The van der Waals surface area contributed by atoms with Crippen LogP contribution < -0.4 is 10.0 Å². The lowest BCUT2D eigenvalue weighted by atomic mass is 9.96. The first kappa shape index (κ1) is 18.6. The van der Waals surface area contributed by atoms with Gasteiger partial charge in [-0.25, -0.2) is 17.5 Å². The molecule has 2 rings (SSSR count). The first-order valence-corrected chi connectivity index (χ1v) is 8.36. The molecule has 0 aromatic heterocycles. The van der Waals surface area contributed by atoms with E-state index in [0.717, 1.165) is 19.0 Å². The van der Waals surface area contributed by atoms with Gasteiger partial charge in [0.25, 0.3) is 0 Å². The van der Waals surface area contributed by atoms with Gasteiger partial charge in [0.2, 0.25) is 10.0 Å². The molecule has 2 atom stereocenters. The van der Waals surface area contributed by atoms with E-state index in [1.807, 2.05) is 6.92 Å². The van der Waals surface area contributed by atoms with Crippen molar-refractivity contribution < 1.29 is 12.8 Å². The summed E-state index contributed by atoms with van der Waals surface area (Å²) < 4.78 is 40.8. The highest BCUT2D eigenvalue weighted by Crippen LogP contribution is 2.25. The van der Waals surface area contributed by atoms with E-state index in [0.29, 0.717) is 6.54 Å². The van der Waals surface area contributed by atoms with Crippen molar-refractivity contribution in [1.29, 1.82) is 0 Å². The van der Waals surface area contributed by atoms with Crippen molar-refractivity contribution in [3.8, 4) is 0 Å². The molecule has 0 saturated carbocycles. The second-order valence-corrected chi connectivity index (χ2v) is 7.32. The molecule has 1 heterocycles. The van der Waals surface area contributed by atoms with Crippen LogP contribution in [0.3, 0.4) is 0 Å². The Hall–Kier alpha value is -0.400. The van der Waals surface area contributed by atoms with Gasteiger partial charge in [0.05, 0.1) is 5.02 Å². The Balaban J connectivity index is 0.00000220. The summed E-state index contributed by atoms with van der Waals surface area (Å²) in [5.41, 5.74) is 0.254. The van der Waals surface area contributed by atoms with Gasteiger partial charge >= 0.3 is 0 Å². The quantitative estimate of drug-likeness (QED) is 0.874. The molecule has 0 aliphatic carbocycles. The second kappa shape index (κ2) is 7.24. The second-order valence-electron chi connectivity index (χ2n) is 5.23. The third kappa shape index (κ3) is 4.29. The number of nitrogens with one attached hydrogen (secondary N) is 2. The molecule has 21 heavy (non-hydrogen) atoms. The van der Waals surface area contributed by atoms with E-state index >= 15 is 0 Å². The smallest absolute Gasteiger partial charge is 0.242 e. The number of hydrogen-bond acceptors (Lipinski definition) is 3. The zero-order valence-electron chi connectivity index (χ0n) is 11.8. The van der Waals surface area contributed by atoms with Crippen molar-refractivity contribution in [2.75, 3.05) is 13.1 Å². The summed E-state index contributed by atoms with van der Waals surface area (Å²) in [6.45, 7) is 4.98. The fourth-order valence-electron chi connectivity index (χ4n) is 2.25. The molecule has 0 radical (unpaired) electrons. The summed E-state index contributed by atoms with van der Waals surface area (Å²) >= 11 is 5.87. The molecule has 1 aliphatic rings. The lowest BCUT2D eigenvalue weighted by Crippen LogP contribution is -2.50. The van der Waals surface area contributed by atoms with E-state index in [1.54, 1.807) is 0 Å². The maximum absolute atomic E-state index is 13.4. The Kier molecular flexibility index (Phi) is 6.43. The summed E-state index contributed by atoms with van der Waals surface area (Å²) in [5.74, 6) is -0.270. The standard InChI is InChI=1S/C13H18ClFN2O2S.ClH/c1-8-3-4-16-7-12(8)17-20(18,19)13-5-9(2)11(15)6-10(13)14;/h5-6,8,12,16-17H,3-4,7H2,1-2H3;1H. The van der Waals surface area contributed by atoms with Crippen LogP contribution in [0.25, 0.3) is 0 Å². The predicted octanol–water partition coefficient (Wildman–Crippen LogP) is 2.49. The maximum atomic E-state index is 13.4. The lowest BCUT2D eigenvalue weighted by Gasteiger charge is -2.30. The average Bonchev–Trinajstić information content (AvgIpc) is 2.36. The number of hydrogen-bond donors (Lipinski definition) is 2. The van der Waals surface area contributed by atoms with E-state index in [9.17, 15) is 12.8 Å². The number of benzene rings is 1. The maximum Gasteiger partial charge on any atom is 0.242 e. The van der Waals surface area contributed by atoms with E-state index in [-0.39, 0.29) is 39.8 Å². The van der Waals surface area contributed by atoms with Crippen molar-refractivity contribution in [2.45, 2.75) is 31.2 Å². The zero-order chi connectivity index (χ0) is 14.9. The molecule has 1 aromatic rings. The number of rotatable bonds is 3. The number of aryl methyl sites for hydroxylation is 1. The molecule has 2 unspecified atom stereocenters. The minimum absolute atomic E-state index is 0. The van der Waals surface area contributed by atoms with Gasteiger partial charge in [-0.2, -0.15) is 0 Å². The fourth-order valence-corrected chi connectivity index (χ4v) is 4.19. The van der Waals surface area contributed by atoms with Crippen LogP contribution in [0.2, 0.25) is 5.02 Å². The number of halogens is 3. The van der Waals surface area contributed by atoms with Crippen LogP contribution in [-0.4, -0.2) is 27.5 Å². The van der Waals surface area contributed by atoms with Gasteiger partial charge < -0.3 is 5.32 Å². The minimum atomic E-state index is -3.75. The third-order valence-electron chi connectivity index (χ3n) is 3.64. The van der Waals surface area contributed by atoms with Crippen LogP contribution in [-0.2, 0) is 10.0 Å². The van der Waals surface area contributed by atoms with E-state index < -0.39 is 15.8 Å². The Morgan fingerprint density at radius 2 is 2.10 bits per heavy atom. The van der Waals surface area contributed by atoms with Gasteiger partial charge in [0.15, 0.2) is 0 Å². The summed E-state index contributed by atoms with van der Waals surface area (Å²) in [4.78, 5) is -0.0733. The molecule has 120 valence electrons. The highest BCUT2D eigenvalue weighted by molar-refractivity contribution is 7.89. The molecule has 0 amide bonds. The highest BCUT2D eigenvalue weighted by Gasteiger charge is 2.28. The van der Waals surface area contributed by atoms with Crippen molar-refractivity contribution >= 4 is 34.0 Å². The lowest BCUT2D eigenvalue weighted by molar-refractivity contribution is 0.327. The topological polar surface area (TPSA) is 58.2 Å². The molecular weight excluding hydrogens is 338 g/mol. The van der Waals surface area contributed by atoms with E-state index in [1.165, 1.54) is 13.0 Å². The van der Waals surface area contributed by atoms with Crippen LogP contribution in [0.5, 0.6) is 0 Å². The molecule has 8 heteroatoms. The first-order chi connectivity index (χ1) is 9.31. The SMILES string of the molecule is Cc1cc(S(=O)(=O)NC2CNCCC2C)c(Cl)cc1F.Cl. The third-order valence-corrected chi connectivity index (χ3v) is 5.59. The summed E-state index contributed by atoms with van der Waals surface area (Å²) in [7, 11) is -3.75. The molecule has 0 spiro atoms. The van der Waals surface area contributed by atoms with Crippen LogP contribution in [0.4, 0.5) is 4.39 Å². The Labute approximate surface area is 135 Å². The summed E-state index contributed by atoms with van der Waals surface area (Å²) in [6.07, 6.45) is 0.906. The molecule has 4 nitrogen and oxygen atoms in total. The van der Waals surface area contributed by atoms with Crippen molar-refractivity contribution in [3.05, 3.63) is 28.5 Å². The normalized spacial score (nSPS) is 22.7. The molecule has 1 saturated heterocycles.